The molecule has 0 bridgehead atoms. The van der Waals surface area contributed by atoms with Crippen LogP contribution in [0.4, 0.5) is 10.1 Å². The highest BCUT2D eigenvalue weighted by molar-refractivity contribution is 5.99. The monoisotopic (exact) mass is 290 g/mol. The predicted molar refractivity (Wildman–Crippen MR) is 79.9 cm³/mol. The lowest BCUT2D eigenvalue weighted by atomic mass is 10.1. The van der Waals surface area contributed by atoms with Crippen LogP contribution >= 0.6 is 0 Å². The number of nitrogens with one attached hydrogen (secondary N) is 2. The summed E-state index contributed by atoms with van der Waals surface area (Å²) in [5.41, 5.74) is 1.63. The molecule has 0 aliphatic rings. The molecule has 1 amide bonds. The molecule has 0 spiro atoms. The van der Waals surface area contributed by atoms with Gasteiger partial charge in [0.1, 0.15) is 5.82 Å². The third-order valence-corrected chi connectivity index (χ3v) is 3.00. The van der Waals surface area contributed by atoms with E-state index >= 15 is 0 Å². The maximum atomic E-state index is 13.7. The first kappa shape index (κ1) is 15.0. The van der Waals surface area contributed by atoms with Gasteiger partial charge in [-0.25, -0.2) is 4.39 Å². The van der Waals surface area contributed by atoms with Crippen molar-refractivity contribution in [1.29, 1.82) is 0 Å². The quantitative estimate of drug-likeness (QED) is 0.857. The van der Waals surface area contributed by atoms with Gasteiger partial charge in [0, 0.05) is 19.3 Å². The summed E-state index contributed by atoms with van der Waals surface area (Å²) in [5, 5.41) is 9.80. The molecule has 0 aliphatic heterocycles. The van der Waals surface area contributed by atoms with Gasteiger partial charge in [-0.1, -0.05) is 6.07 Å². The van der Waals surface area contributed by atoms with E-state index in [-0.39, 0.29) is 11.6 Å². The number of anilines is 1. The van der Waals surface area contributed by atoms with Crippen molar-refractivity contribution in [3.63, 3.8) is 0 Å². The Bertz CT molecular complexity index is 624. The molecule has 2 aromatic rings. The van der Waals surface area contributed by atoms with Crippen molar-refractivity contribution in [2.24, 2.45) is 0 Å². The van der Waals surface area contributed by atoms with Crippen molar-refractivity contribution in [2.45, 2.75) is 20.4 Å². The predicted octanol–water partition coefficient (Wildman–Crippen LogP) is 2.19. The molecule has 0 saturated heterocycles. The third-order valence-electron chi connectivity index (χ3n) is 3.00. The second-order valence-electron chi connectivity index (χ2n) is 4.73. The van der Waals surface area contributed by atoms with Crippen LogP contribution in [0.3, 0.4) is 0 Å². The molecule has 1 heterocycles. The number of carbonyl (C=O) groups excluding carboxylic acids is 1. The maximum Gasteiger partial charge on any atom is 0.253 e. The van der Waals surface area contributed by atoms with Gasteiger partial charge in [-0.2, -0.15) is 5.10 Å². The summed E-state index contributed by atoms with van der Waals surface area (Å²) >= 11 is 0. The molecule has 6 heteroatoms. The van der Waals surface area contributed by atoms with Gasteiger partial charge in [0.05, 0.1) is 24.0 Å². The number of hydrogen-bond acceptors (Lipinski definition) is 3. The number of aromatic nitrogens is 2. The van der Waals surface area contributed by atoms with Crippen molar-refractivity contribution in [1.82, 2.24) is 15.1 Å². The zero-order valence-electron chi connectivity index (χ0n) is 12.2. The van der Waals surface area contributed by atoms with Crippen LogP contribution in [-0.2, 0) is 6.54 Å². The van der Waals surface area contributed by atoms with Crippen LogP contribution in [0.5, 0.6) is 0 Å². The smallest absolute Gasteiger partial charge is 0.253 e. The van der Waals surface area contributed by atoms with Crippen molar-refractivity contribution < 1.29 is 9.18 Å². The number of rotatable bonds is 6. The minimum absolute atomic E-state index is 0.243. The molecule has 21 heavy (non-hydrogen) atoms. The molecule has 1 aromatic heterocycles. The number of carbonyl (C=O) groups is 1. The highest BCUT2D eigenvalue weighted by Gasteiger charge is 2.14. The van der Waals surface area contributed by atoms with Gasteiger partial charge in [-0.15, -0.1) is 0 Å². The van der Waals surface area contributed by atoms with E-state index in [2.05, 4.69) is 15.7 Å². The second kappa shape index (κ2) is 6.88. The standard InChI is InChI=1S/C15H19FN4O/c1-3-17-14-12(5-4-6-13(14)16)15(21)18-7-8-20-10-11(2)9-19-20/h4-6,9-10,17H,3,7-8H2,1-2H3,(H,18,21). The van der Waals surface area contributed by atoms with Crippen LogP contribution in [0, 0.1) is 12.7 Å². The lowest BCUT2D eigenvalue weighted by Crippen LogP contribution is -2.28. The molecular formula is C15H19FN4O. The molecule has 1 aromatic carbocycles. The first-order chi connectivity index (χ1) is 10.1. The SMILES string of the molecule is CCNc1c(F)cccc1C(=O)NCCn1cc(C)cn1. The minimum Gasteiger partial charge on any atom is -0.382 e. The molecular weight excluding hydrogens is 271 g/mol. The summed E-state index contributed by atoms with van der Waals surface area (Å²) in [4.78, 5) is 12.1. The maximum absolute atomic E-state index is 13.7. The molecule has 5 nitrogen and oxygen atoms in total. The fourth-order valence-electron chi connectivity index (χ4n) is 2.04. The summed E-state index contributed by atoms with van der Waals surface area (Å²) in [6.07, 6.45) is 3.66. The Morgan fingerprint density at radius 3 is 2.90 bits per heavy atom. The van der Waals surface area contributed by atoms with E-state index in [4.69, 9.17) is 0 Å². The van der Waals surface area contributed by atoms with Crippen LogP contribution in [0.25, 0.3) is 0 Å². The number of halogens is 1. The summed E-state index contributed by atoms with van der Waals surface area (Å²) in [6.45, 7) is 5.37. The van der Waals surface area contributed by atoms with Crippen LogP contribution in [0.15, 0.2) is 30.6 Å². The summed E-state index contributed by atoms with van der Waals surface area (Å²) in [7, 11) is 0. The molecule has 0 radical (unpaired) electrons. The van der Waals surface area contributed by atoms with Gasteiger partial charge in [-0.05, 0) is 31.5 Å². The van der Waals surface area contributed by atoms with Crippen LogP contribution in [0.2, 0.25) is 0 Å². The number of aryl methyl sites for hydroxylation is 1. The van der Waals surface area contributed by atoms with Crippen molar-refractivity contribution in [2.75, 3.05) is 18.4 Å². The average molecular weight is 290 g/mol. The number of nitrogens with zero attached hydrogens (tertiary/aromatic N) is 2. The zero-order chi connectivity index (χ0) is 15.2. The number of hydrogen-bond donors (Lipinski definition) is 2. The number of amides is 1. The first-order valence-corrected chi connectivity index (χ1v) is 6.91. The van der Waals surface area contributed by atoms with E-state index < -0.39 is 5.82 Å². The van der Waals surface area contributed by atoms with Gasteiger partial charge < -0.3 is 10.6 Å². The van der Waals surface area contributed by atoms with Crippen molar-refractivity contribution >= 4 is 11.6 Å². The minimum atomic E-state index is -0.424. The molecule has 0 aliphatic carbocycles. The molecule has 112 valence electrons. The highest BCUT2D eigenvalue weighted by atomic mass is 19.1. The Labute approximate surface area is 123 Å². The van der Waals surface area contributed by atoms with Gasteiger partial charge in [0.15, 0.2) is 0 Å². The fraction of sp³-hybridized carbons (Fsp3) is 0.333. The van der Waals surface area contributed by atoms with Crippen LogP contribution in [0.1, 0.15) is 22.8 Å². The van der Waals surface area contributed by atoms with Gasteiger partial charge >= 0.3 is 0 Å². The highest BCUT2D eigenvalue weighted by Crippen LogP contribution is 2.19. The fourth-order valence-corrected chi connectivity index (χ4v) is 2.04. The first-order valence-electron chi connectivity index (χ1n) is 6.91. The van der Waals surface area contributed by atoms with Crippen molar-refractivity contribution in [3.05, 3.63) is 47.5 Å². The summed E-state index contributed by atoms with van der Waals surface area (Å²) in [6, 6.07) is 4.47. The van der Waals surface area contributed by atoms with E-state index in [9.17, 15) is 9.18 Å². The molecule has 0 unspecified atom stereocenters. The van der Waals surface area contributed by atoms with Crippen molar-refractivity contribution in [3.8, 4) is 0 Å². The Kier molecular flexibility index (Phi) is 4.92. The van der Waals surface area contributed by atoms with Gasteiger partial charge in [0.2, 0.25) is 0 Å². The lowest BCUT2D eigenvalue weighted by Gasteiger charge is -2.12. The normalized spacial score (nSPS) is 10.4. The zero-order valence-corrected chi connectivity index (χ0v) is 12.2. The van der Waals surface area contributed by atoms with E-state index in [0.29, 0.717) is 25.2 Å². The van der Waals surface area contributed by atoms with E-state index in [1.807, 2.05) is 20.0 Å². The largest absolute Gasteiger partial charge is 0.382 e. The van der Waals surface area contributed by atoms with Gasteiger partial charge in [-0.3, -0.25) is 9.48 Å². The summed E-state index contributed by atoms with van der Waals surface area (Å²) < 4.78 is 15.5. The van der Waals surface area contributed by atoms with Gasteiger partial charge in [0.25, 0.3) is 5.91 Å². The number of para-hydroxylation sites is 1. The molecule has 0 atom stereocenters. The Morgan fingerprint density at radius 2 is 2.24 bits per heavy atom. The average Bonchev–Trinajstić information content (AvgIpc) is 2.87. The Morgan fingerprint density at radius 1 is 1.43 bits per heavy atom. The Balaban J connectivity index is 1.98. The lowest BCUT2D eigenvalue weighted by molar-refractivity contribution is 0.0952. The van der Waals surface area contributed by atoms with E-state index in [1.54, 1.807) is 16.9 Å². The topological polar surface area (TPSA) is 59.0 Å². The molecule has 2 N–H and O–H groups in total. The number of benzene rings is 1. The Hall–Kier alpha value is -2.37. The van der Waals surface area contributed by atoms with E-state index in [0.717, 1.165) is 5.56 Å². The second-order valence-corrected chi connectivity index (χ2v) is 4.73. The third kappa shape index (κ3) is 3.81. The molecule has 0 saturated carbocycles. The molecule has 0 fully saturated rings. The van der Waals surface area contributed by atoms with Crippen LogP contribution < -0.4 is 10.6 Å². The summed E-state index contributed by atoms with van der Waals surface area (Å²) in [5.74, 6) is -0.721. The van der Waals surface area contributed by atoms with E-state index in [1.165, 1.54) is 12.1 Å². The molecule has 2 rings (SSSR count). The van der Waals surface area contributed by atoms with Crippen LogP contribution in [-0.4, -0.2) is 28.8 Å².